The van der Waals surface area contributed by atoms with Gasteiger partial charge in [-0.25, -0.2) is 8.42 Å². The standard InChI is InChI=1S/C8H18NO.C3H6O3S/c1-3-9(4-2)5-7-10-8-6-9;1-2-3-7(4,5)6/h3-8H2,1-2H3;2H,1,3H2,(H,4,5,6)/q+1;/p-1. The number of hydrogen-bond acceptors (Lipinski definition) is 4. The second-order valence-electron chi connectivity index (χ2n) is 4.05. The first-order valence-electron chi connectivity index (χ1n) is 5.86. The van der Waals surface area contributed by atoms with Crippen molar-refractivity contribution < 1.29 is 22.2 Å². The van der Waals surface area contributed by atoms with Crippen molar-refractivity contribution >= 4 is 10.1 Å². The summed E-state index contributed by atoms with van der Waals surface area (Å²) in [6, 6.07) is 0. The Hall–Kier alpha value is -0.430. The van der Waals surface area contributed by atoms with Crippen LogP contribution in [-0.4, -0.2) is 62.6 Å². The van der Waals surface area contributed by atoms with Gasteiger partial charge in [-0.3, -0.25) is 0 Å². The lowest BCUT2D eigenvalue weighted by atomic mass is 10.3. The van der Waals surface area contributed by atoms with Gasteiger partial charge >= 0.3 is 0 Å². The van der Waals surface area contributed by atoms with Gasteiger partial charge in [-0.15, -0.1) is 6.58 Å². The van der Waals surface area contributed by atoms with E-state index in [1.54, 1.807) is 0 Å². The molecule has 1 heterocycles. The van der Waals surface area contributed by atoms with Gasteiger partial charge in [-0.2, -0.15) is 0 Å². The third-order valence-corrected chi connectivity index (χ3v) is 3.73. The fraction of sp³-hybridized carbons (Fsp3) is 0.818. The van der Waals surface area contributed by atoms with E-state index in [2.05, 4.69) is 20.4 Å². The summed E-state index contributed by atoms with van der Waals surface area (Å²) in [6.07, 6.45) is 1.06. The minimum atomic E-state index is -4.04. The Bertz CT molecular complexity index is 301. The highest BCUT2D eigenvalue weighted by atomic mass is 32.2. The monoisotopic (exact) mass is 265 g/mol. The van der Waals surface area contributed by atoms with Gasteiger partial charge in [0.25, 0.3) is 0 Å². The van der Waals surface area contributed by atoms with Gasteiger partial charge < -0.3 is 13.8 Å². The van der Waals surface area contributed by atoms with Crippen molar-refractivity contribution in [3.8, 4) is 0 Å². The first-order valence-corrected chi connectivity index (χ1v) is 7.44. The molecule has 0 bridgehead atoms. The van der Waals surface area contributed by atoms with E-state index < -0.39 is 15.9 Å². The Balaban J connectivity index is 0.000000325. The third kappa shape index (κ3) is 7.49. The summed E-state index contributed by atoms with van der Waals surface area (Å²) in [4.78, 5) is 0. The fourth-order valence-corrected chi connectivity index (χ4v) is 2.02. The molecule has 0 amide bonds. The molecule has 0 spiro atoms. The molecule has 0 aromatic heterocycles. The summed E-state index contributed by atoms with van der Waals surface area (Å²) in [7, 11) is -4.04. The lowest BCUT2D eigenvalue weighted by molar-refractivity contribution is -0.931. The highest BCUT2D eigenvalue weighted by Gasteiger charge is 2.25. The molecular weight excluding hydrogens is 242 g/mol. The molecule has 5 nitrogen and oxygen atoms in total. The van der Waals surface area contributed by atoms with Crippen LogP contribution in [0.25, 0.3) is 0 Å². The van der Waals surface area contributed by atoms with Crippen molar-refractivity contribution in [3.63, 3.8) is 0 Å². The van der Waals surface area contributed by atoms with Crippen LogP contribution in [0.5, 0.6) is 0 Å². The lowest BCUT2D eigenvalue weighted by Crippen LogP contribution is -2.54. The normalized spacial score (nSPS) is 19.0. The Morgan fingerprint density at radius 1 is 1.29 bits per heavy atom. The second kappa shape index (κ2) is 7.81. The second-order valence-corrected chi connectivity index (χ2v) is 5.50. The molecule has 1 fully saturated rings. The van der Waals surface area contributed by atoms with Crippen molar-refractivity contribution in [2.75, 3.05) is 45.1 Å². The van der Waals surface area contributed by atoms with E-state index in [0.29, 0.717) is 0 Å². The van der Waals surface area contributed by atoms with E-state index in [4.69, 9.17) is 4.74 Å². The Kier molecular flexibility index (Phi) is 7.61. The third-order valence-electron chi connectivity index (χ3n) is 3.08. The van der Waals surface area contributed by atoms with Gasteiger partial charge in [0.1, 0.15) is 13.1 Å². The maximum Gasteiger partial charge on any atom is 0.102 e. The van der Waals surface area contributed by atoms with Crippen LogP contribution in [-0.2, 0) is 14.9 Å². The number of likely N-dealkylation sites (N-methyl/N-ethyl adjacent to an activating group) is 1. The zero-order valence-electron chi connectivity index (χ0n) is 10.7. The Labute approximate surface area is 104 Å². The topological polar surface area (TPSA) is 66.4 Å². The number of morpholine rings is 1. The molecule has 0 N–H and O–H groups in total. The molecule has 1 rings (SSSR count). The molecule has 1 aliphatic heterocycles. The van der Waals surface area contributed by atoms with Crippen LogP contribution >= 0.6 is 0 Å². The molecule has 0 atom stereocenters. The van der Waals surface area contributed by atoms with Crippen LogP contribution in [0.4, 0.5) is 0 Å². The summed E-state index contributed by atoms with van der Waals surface area (Å²) in [5, 5.41) is 0. The van der Waals surface area contributed by atoms with E-state index in [1.807, 2.05) is 0 Å². The van der Waals surface area contributed by atoms with Gasteiger partial charge in [-0.05, 0) is 13.8 Å². The molecular formula is C11H23NO4S. The molecule has 1 saturated heterocycles. The van der Waals surface area contributed by atoms with Crippen molar-refractivity contribution in [2.24, 2.45) is 0 Å². The smallest absolute Gasteiger partial charge is 0.102 e. The minimum absolute atomic E-state index is 0.479. The molecule has 0 radical (unpaired) electrons. The fourth-order valence-electron chi connectivity index (χ4n) is 1.73. The van der Waals surface area contributed by atoms with Crippen molar-refractivity contribution in [1.29, 1.82) is 0 Å². The molecule has 6 heteroatoms. The summed E-state index contributed by atoms with van der Waals surface area (Å²) < 4.78 is 35.4. The SMILES string of the molecule is C=CCS(=O)(=O)[O-].CC[N+]1(CC)CCOCC1. The van der Waals surface area contributed by atoms with Gasteiger partial charge in [0.15, 0.2) is 0 Å². The molecule has 0 aromatic carbocycles. The van der Waals surface area contributed by atoms with E-state index in [9.17, 15) is 13.0 Å². The molecule has 102 valence electrons. The maximum atomic E-state index is 9.60. The molecule has 0 saturated carbocycles. The number of ether oxygens (including phenoxy) is 1. The summed E-state index contributed by atoms with van der Waals surface area (Å²) >= 11 is 0. The molecule has 0 aliphatic carbocycles. The molecule has 17 heavy (non-hydrogen) atoms. The molecule has 0 unspecified atom stereocenters. The van der Waals surface area contributed by atoms with Crippen molar-refractivity contribution in [1.82, 2.24) is 0 Å². The lowest BCUT2D eigenvalue weighted by Gasteiger charge is -2.39. The van der Waals surface area contributed by atoms with Crippen LogP contribution < -0.4 is 0 Å². The maximum absolute atomic E-state index is 9.60. The zero-order chi connectivity index (χ0) is 13.4. The van der Waals surface area contributed by atoms with E-state index >= 15 is 0 Å². The zero-order valence-corrected chi connectivity index (χ0v) is 11.5. The van der Waals surface area contributed by atoms with Crippen LogP contribution in [0.1, 0.15) is 13.8 Å². The van der Waals surface area contributed by atoms with Crippen LogP contribution in [0.15, 0.2) is 12.7 Å². The van der Waals surface area contributed by atoms with Gasteiger partial charge in [0, 0.05) is 0 Å². The van der Waals surface area contributed by atoms with Crippen molar-refractivity contribution in [3.05, 3.63) is 12.7 Å². The average Bonchev–Trinajstić information content (AvgIpc) is 2.29. The van der Waals surface area contributed by atoms with E-state index in [-0.39, 0.29) is 0 Å². The molecule has 0 aromatic rings. The highest BCUT2D eigenvalue weighted by Crippen LogP contribution is 2.09. The quantitative estimate of drug-likeness (QED) is 0.424. The van der Waals surface area contributed by atoms with Gasteiger partial charge in [0.05, 0.1) is 42.2 Å². The van der Waals surface area contributed by atoms with Gasteiger partial charge in [-0.1, -0.05) is 6.08 Å². The highest BCUT2D eigenvalue weighted by molar-refractivity contribution is 7.85. The number of rotatable bonds is 4. The predicted octanol–water partition coefficient (Wildman–Crippen LogP) is 0.591. The predicted molar refractivity (Wildman–Crippen MR) is 66.7 cm³/mol. The summed E-state index contributed by atoms with van der Waals surface area (Å²) in [5.41, 5.74) is 0. The van der Waals surface area contributed by atoms with Gasteiger partial charge in [0.2, 0.25) is 0 Å². The summed E-state index contributed by atoms with van der Waals surface area (Å²) in [5.74, 6) is -0.479. The minimum Gasteiger partial charge on any atom is -0.748 e. The van der Waals surface area contributed by atoms with E-state index in [1.165, 1.54) is 30.7 Å². The Morgan fingerprint density at radius 3 is 1.94 bits per heavy atom. The van der Waals surface area contributed by atoms with Crippen LogP contribution in [0.2, 0.25) is 0 Å². The molecule has 1 aliphatic rings. The first kappa shape index (κ1) is 16.6. The average molecular weight is 265 g/mol. The number of hydrogen-bond donors (Lipinski definition) is 0. The van der Waals surface area contributed by atoms with Crippen LogP contribution in [0.3, 0.4) is 0 Å². The van der Waals surface area contributed by atoms with E-state index in [0.717, 1.165) is 19.3 Å². The largest absolute Gasteiger partial charge is 0.748 e. The number of quaternary nitrogens is 1. The first-order chi connectivity index (χ1) is 7.89. The van der Waals surface area contributed by atoms with Crippen molar-refractivity contribution in [2.45, 2.75) is 13.8 Å². The Morgan fingerprint density at radius 2 is 1.76 bits per heavy atom. The van der Waals surface area contributed by atoms with Crippen LogP contribution in [0, 0.1) is 0 Å². The summed E-state index contributed by atoms with van der Waals surface area (Å²) in [6.45, 7) is 14.5. The number of nitrogens with zero attached hydrogens (tertiary/aromatic N) is 1.